The molecule has 0 amide bonds. The number of anilines is 1. The SMILES string of the molecule is CSC(C)CNc1c(F)cccc1C(=O)O. The molecule has 0 radical (unpaired) electrons. The van der Waals surface area contributed by atoms with Crippen LogP contribution in [0.1, 0.15) is 17.3 Å². The van der Waals surface area contributed by atoms with E-state index in [2.05, 4.69) is 5.32 Å². The van der Waals surface area contributed by atoms with Gasteiger partial charge in [0.15, 0.2) is 0 Å². The van der Waals surface area contributed by atoms with Gasteiger partial charge in [0.05, 0.1) is 11.3 Å². The average molecular weight is 243 g/mol. The highest BCUT2D eigenvalue weighted by molar-refractivity contribution is 7.99. The van der Waals surface area contributed by atoms with Crippen LogP contribution in [0.2, 0.25) is 0 Å². The molecule has 16 heavy (non-hydrogen) atoms. The van der Waals surface area contributed by atoms with Gasteiger partial charge in [0.2, 0.25) is 0 Å². The summed E-state index contributed by atoms with van der Waals surface area (Å²) >= 11 is 1.63. The van der Waals surface area contributed by atoms with E-state index in [9.17, 15) is 9.18 Å². The molecule has 88 valence electrons. The Labute approximate surface area is 98.1 Å². The van der Waals surface area contributed by atoms with Crippen LogP contribution in [-0.4, -0.2) is 29.1 Å². The minimum absolute atomic E-state index is 0.0340. The highest BCUT2D eigenvalue weighted by atomic mass is 32.2. The molecule has 1 aromatic rings. The van der Waals surface area contributed by atoms with Crippen molar-refractivity contribution in [2.45, 2.75) is 12.2 Å². The molecule has 1 rings (SSSR count). The highest BCUT2D eigenvalue weighted by Gasteiger charge is 2.14. The predicted octanol–water partition coefficient (Wildman–Crippen LogP) is 2.69. The lowest BCUT2D eigenvalue weighted by atomic mass is 10.1. The van der Waals surface area contributed by atoms with E-state index < -0.39 is 11.8 Å². The number of nitrogens with one attached hydrogen (secondary N) is 1. The Morgan fingerprint density at radius 3 is 2.88 bits per heavy atom. The van der Waals surface area contributed by atoms with E-state index in [0.29, 0.717) is 11.8 Å². The molecule has 0 saturated carbocycles. The predicted molar refractivity (Wildman–Crippen MR) is 64.8 cm³/mol. The molecule has 1 atom stereocenters. The first-order valence-corrected chi connectivity index (χ1v) is 6.13. The lowest BCUT2D eigenvalue weighted by molar-refractivity contribution is 0.0697. The Morgan fingerprint density at radius 1 is 1.62 bits per heavy atom. The smallest absolute Gasteiger partial charge is 0.337 e. The van der Waals surface area contributed by atoms with Crippen molar-refractivity contribution in [3.63, 3.8) is 0 Å². The minimum atomic E-state index is -1.13. The van der Waals surface area contributed by atoms with Gasteiger partial charge in [0.25, 0.3) is 0 Å². The molecule has 0 aliphatic carbocycles. The molecule has 0 spiro atoms. The van der Waals surface area contributed by atoms with Crippen LogP contribution in [0, 0.1) is 5.82 Å². The van der Waals surface area contributed by atoms with Crippen molar-refractivity contribution < 1.29 is 14.3 Å². The van der Waals surface area contributed by atoms with Crippen LogP contribution in [0.3, 0.4) is 0 Å². The maximum absolute atomic E-state index is 13.4. The Bertz CT molecular complexity index is 384. The van der Waals surface area contributed by atoms with Crippen LogP contribution in [0.25, 0.3) is 0 Å². The maximum Gasteiger partial charge on any atom is 0.337 e. The van der Waals surface area contributed by atoms with Gasteiger partial charge >= 0.3 is 5.97 Å². The summed E-state index contributed by atoms with van der Waals surface area (Å²) < 4.78 is 13.4. The van der Waals surface area contributed by atoms with Crippen molar-refractivity contribution in [2.24, 2.45) is 0 Å². The fraction of sp³-hybridized carbons (Fsp3) is 0.364. The summed E-state index contributed by atoms with van der Waals surface area (Å²) in [6.45, 7) is 2.52. The van der Waals surface area contributed by atoms with E-state index in [1.54, 1.807) is 11.8 Å². The number of carboxylic acid groups (broad SMARTS) is 1. The number of hydrogen-bond donors (Lipinski definition) is 2. The second-order valence-corrected chi connectivity index (χ2v) is 4.67. The van der Waals surface area contributed by atoms with Gasteiger partial charge in [-0.25, -0.2) is 9.18 Å². The monoisotopic (exact) mass is 243 g/mol. The number of halogens is 1. The van der Waals surface area contributed by atoms with E-state index in [-0.39, 0.29) is 11.3 Å². The summed E-state index contributed by atoms with van der Waals surface area (Å²) in [6, 6.07) is 4.03. The number of hydrogen-bond acceptors (Lipinski definition) is 3. The van der Waals surface area contributed by atoms with Crippen LogP contribution < -0.4 is 5.32 Å². The van der Waals surface area contributed by atoms with E-state index in [1.165, 1.54) is 18.2 Å². The molecule has 0 fully saturated rings. The molecular formula is C11H14FNO2S. The summed E-state index contributed by atoms with van der Waals surface area (Å²) in [5, 5.41) is 12.0. The van der Waals surface area contributed by atoms with Crippen LogP contribution in [0.4, 0.5) is 10.1 Å². The topological polar surface area (TPSA) is 49.3 Å². The van der Waals surface area contributed by atoms with E-state index in [1.807, 2.05) is 13.2 Å². The van der Waals surface area contributed by atoms with Crippen LogP contribution in [0.15, 0.2) is 18.2 Å². The summed E-state index contributed by atoms with van der Waals surface area (Å²) in [5.41, 5.74) is 0.0317. The van der Waals surface area contributed by atoms with Crippen molar-refractivity contribution in [3.8, 4) is 0 Å². The number of thioether (sulfide) groups is 1. The number of rotatable bonds is 5. The maximum atomic E-state index is 13.4. The zero-order chi connectivity index (χ0) is 12.1. The molecular weight excluding hydrogens is 229 g/mol. The number of carboxylic acids is 1. The molecule has 0 aliphatic rings. The third kappa shape index (κ3) is 3.13. The van der Waals surface area contributed by atoms with Crippen molar-refractivity contribution in [1.82, 2.24) is 0 Å². The molecule has 2 N–H and O–H groups in total. The fourth-order valence-corrected chi connectivity index (χ4v) is 1.46. The van der Waals surface area contributed by atoms with Gasteiger partial charge in [0, 0.05) is 11.8 Å². The highest BCUT2D eigenvalue weighted by Crippen LogP contribution is 2.20. The van der Waals surface area contributed by atoms with Gasteiger partial charge < -0.3 is 10.4 Å². The lowest BCUT2D eigenvalue weighted by Gasteiger charge is -2.13. The van der Waals surface area contributed by atoms with Crippen molar-refractivity contribution >= 4 is 23.4 Å². The third-order valence-electron chi connectivity index (χ3n) is 2.21. The molecule has 5 heteroatoms. The largest absolute Gasteiger partial charge is 0.478 e. The van der Waals surface area contributed by atoms with Crippen molar-refractivity contribution in [3.05, 3.63) is 29.6 Å². The molecule has 0 aliphatic heterocycles. The third-order valence-corrected chi connectivity index (χ3v) is 3.18. The second kappa shape index (κ2) is 5.75. The quantitative estimate of drug-likeness (QED) is 0.834. The lowest BCUT2D eigenvalue weighted by Crippen LogP contribution is -2.16. The van der Waals surface area contributed by atoms with E-state index in [0.717, 1.165) is 0 Å². The number of carbonyl (C=O) groups is 1. The van der Waals surface area contributed by atoms with Crippen molar-refractivity contribution in [2.75, 3.05) is 18.1 Å². The van der Waals surface area contributed by atoms with Gasteiger partial charge in [-0.1, -0.05) is 13.0 Å². The molecule has 1 unspecified atom stereocenters. The average Bonchev–Trinajstić information content (AvgIpc) is 2.26. The van der Waals surface area contributed by atoms with Crippen molar-refractivity contribution in [1.29, 1.82) is 0 Å². The minimum Gasteiger partial charge on any atom is -0.478 e. The fourth-order valence-electron chi connectivity index (χ4n) is 1.21. The van der Waals surface area contributed by atoms with Crippen LogP contribution in [0.5, 0.6) is 0 Å². The number of para-hydroxylation sites is 1. The normalized spacial score (nSPS) is 12.2. The Kier molecular flexibility index (Phi) is 4.61. The molecule has 0 heterocycles. The molecule has 0 aromatic heterocycles. The molecule has 0 bridgehead atoms. The van der Waals surface area contributed by atoms with Gasteiger partial charge in [-0.3, -0.25) is 0 Å². The van der Waals surface area contributed by atoms with Crippen LogP contribution >= 0.6 is 11.8 Å². The molecule has 1 aromatic carbocycles. The van der Waals surface area contributed by atoms with Crippen LogP contribution in [-0.2, 0) is 0 Å². The first-order chi connectivity index (χ1) is 7.56. The number of aromatic carboxylic acids is 1. The summed E-state index contributed by atoms with van der Waals surface area (Å²) in [6.07, 6.45) is 1.95. The van der Waals surface area contributed by atoms with Gasteiger partial charge in [-0.05, 0) is 18.4 Å². The van der Waals surface area contributed by atoms with Gasteiger partial charge in [-0.2, -0.15) is 11.8 Å². The summed E-state index contributed by atoms with van der Waals surface area (Å²) in [7, 11) is 0. The zero-order valence-electron chi connectivity index (χ0n) is 9.16. The summed E-state index contributed by atoms with van der Waals surface area (Å²) in [4.78, 5) is 10.9. The Morgan fingerprint density at radius 2 is 2.31 bits per heavy atom. The Hall–Kier alpha value is -1.23. The van der Waals surface area contributed by atoms with E-state index in [4.69, 9.17) is 5.11 Å². The first kappa shape index (κ1) is 12.8. The summed E-state index contributed by atoms with van der Waals surface area (Å²) in [5.74, 6) is -1.66. The first-order valence-electron chi connectivity index (χ1n) is 4.84. The standard InChI is InChI=1S/C11H14FNO2S/c1-7(16-2)6-13-10-8(11(14)15)4-3-5-9(10)12/h3-5,7,13H,6H2,1-2H3,(H,14,15). The second-order valence-electron chi connectivity index (χ2n) is 3.39. The molecule has 0 saturated heterocycles. The van der Waals surface area contributed by atoms with Gasteiger partial charge in [0.1, 0.15) is 5.82 Å². The number of benzene rings is 1. The van der Waals surface area contributed by atoms with E-state index >= 15 is 0 Å². The Balaban J connectivity index is 2.88. The van der Waals surface area contributed by atoms with Gasteiger partial charge in [-0.15, -0.1) is 0 Å². The molecule has 3 nitrogen and oxygen atoms in total. The zero-order valence-corrected chi connectivity index (χ0v) is 9.97.